The van der Waals surface area contributed by atoms with Gasteiger partial charge in [-0.2, -0.15) is 8.42 Å². The van der Waals surface area contributed by atoms with Gasteiger partial charge in [-0.15, -0.1) is 0 Å². The molecule has 6 heteroatoms. The highest BCUT2D eigenvalue weighted by Gasteiger charge is 2.38. The minimum atomic E-state index is -3.34. The maximum absolute atomic E-state index is 10.8. The van der Waals surface area contributed by atoms with Gasteiger partial charge in [0.1, 0.15) is 0 Å². The standard InChI is InChI=1S/C11H18O5S/c1-17(12,13)16-7-4-10-2-5-11(6-3-10)14-8-9-15-11/h4H,2-3,5-9H2,1H3. The van der Waals surface area contributed by atoms with E-state index in [1.807, 2.05) is 6.08 Å². The Bertz CT molecular complexity index is 380. The average Bonchev–Trinajstić information content (AvgIpc) is 2.68. The van der Waals surface area contributed by atoms with Crippen LogP contribution in [0.3, 0.4) is 0 Å². The zero-order valence-corrected chi connectivity index (χ0v) is 10.8. The molecule has 0 unspecified atom stereocenters. The van der Waals surface area contributed by atoms with E-state index in [-0.39, 0.29) is 12.4 Å². The molecule has 1 saturated heterocycles. The maximum Gasteiger partial charge on any atom is 0.264 e. The fourth-order valence-corrected chi connectivity index (χ4v) is 2.53. The van der Waals surface area contributed by atoms with E-state index in [0.29, 0.717) is 13.2 Å². The highest BCUT2D eigenvalue weighted by molar-refractivity contribution is 7.85. The van der Waals surface area contributed by atoms with Crippen molar-refractivity contribution in [3.63, 3.8) is 0 Å². The molecule has 17 heavy (non-hydrogen) atoms. The number of ether oxygens (including phenoxy) is 2. The van der Waals surface area contributed by atoms with E-state index in [2.05, 4.69) is 4.18 Å². The predicted molar refractivity (Wildman–Crippen MR) is 62.0 cm³/mol. The van der Waals surface area contributed by atoms with Crippen LogP contribution in [0.2, 0.25) is 0 Å². The molecule has 1 saturated carbocycles. The van der Waals surface area contributed by atoms with E-state index in [9.17, 15) is 8.42 Å². The van der Waals surface area contributed by atoms with E-state index in [4.69, 9.17) is 9.47 Å². The molecule has 0 radical (unpaired) electrons. The van der Waals surface area contributed by atoms with Crippen LogP contribution in [-0.2, 0) is 23.8 Å². The first-order valence-electron chi connectivity index (χ1n) is 5.79. The first-order valence-corrected chi connectivity index (χ1v) is 7.61. The van der Waals surface area contributed by atoms with Crippen LogP contribution in [0.1, 0.15) is 25.7 Å². The van der Waals surface area contributed by atoms with Crippen LogP contribution >= 0.6 is 0 Å². The van der Waals surface area contributed by atoms with Crippen molar-refractivity contribution in [2.75, 3.05) is 26.1 Å². The molecule has 0 amide bonds. The summed E-state index contributed by atoms with van der Waals surface area (Å²) >= 11 is 0. The second kappa shape index (κ2) is 5.06. The van der Waals surface area contributed by atoms with E-state index in [0.717, 1.165) is 31.9 Å². The first kappa shape index (κ1) is 13.0. The Hall–Kier alpha value is -0.430. The lowest BCUT2D eigenvalue weighted by molar-refractivity contribution is -0.171. The molecule has 2 fully saturated rings. The van der Waals surface area contributed by atoms with Crippen molar-refractivity contribution < 1.29 is 22.1 Å². The topological polar surface area (TPSA) is 61.8 Å². The van der Waals surface area contributed by atoms with Crippen molar-refractivity contribution in [3.8, 4) is 0 Å². The Morgan fingerprint density at radius 2 is 1.88 bits per heavy atom. The average molecular weight is 262 g/mol. The predicted octanol–water partition coefficient (Wildman–Crippen LogP) is 1.21. The lowest BCUT2D eigenvalue weighted by Gasteiger charge is -2.32. The minimum Gasteiger partial charge on any atom is -0.348 e. The fourth-order valence-electron chi connectivity index (χ4n) is 2.22. The van der Waals surface area contributed by atoms with E-state index < -0.39 is 10.1 Å². The zero-order valence-electron chi connectivity index (χ0n) is 9.98. The number of hydrogen-bond donors (Lipinski definition) is 0. The van der Waals surface area contributed by atoms with Gasteiger partial charge in [0.2, 0.25) is 0 Å². The van der Waals surface area contributed by atoms with Crippen molar-refractivity contribution >= 4 is 10.1 Å². The van der Waals surface area contributed by atoms with Crippen LogP contribution < -0.4 is 0 Å². The van der Waals surface area contributed by atoms with Crippen LogP contribution in [0.5, 0.6) is 0 Å². The number of hydrogen-bond acceptors (Lipinski definition) is 5. The SMILES string of the molecule is CS(=O)(=O)OCC=C1CCC2(CC1)OCCO2. The molecule has 0 aromatic carbocycles. The summed E-state index contributed by atoms with van der Waals surface area (Å²) in [5.74, 6) is -0.366. The van der Waals surface area contributed by atoms with Gasteiger partial charge in [0, 0.05) is 12.8 Å². The molecule has 5 nitrogen and oxygen atoms in total. The molecule has 0 atom stereocenters. The van der Waals surface area contributed by atoms with Crippen molar-refractivity contribution in [1.82, 2.24) is 0 Å². The summed E-state index contributed by atoms with van der Waals surface area (Å²) in [6.45, 7) is 1.48. The largest absolute Gasteiger partial charge is 0.348 e. The second-order valence-corrected chi connectivity index (χ2v) is 6.10. The zero-order chi connectivity index (χ0) is 12.4. The van der Waals surface area contributed by atoms with E-state index >= 15 is 0 Å². The Morgan fingerprint density at radius 1 is 1.29 bits per heavy atom. The van der Waals surface area contributed by atoms with Crippen LogP contribution in [-0.4, -0.2) is 40.3 Å². The van der Waals surface area contributed by atoms with Gasteiger partial charge in [0.05, 0.1) is 26.1 Å². The smallest absolute Gasteiger partial charge is 0.264 e. The lowest BCUT2D eigenvalue weighted by atomic mass is 9.89. The molecule has 0 bridgehead atoms. The van der Waals surface area contributed by atoms with Crippen molar-refractivity contribution in [2.24, 2.45) is 0 Å². The van der Waals surface area contributed by atoms with Crippen molar-refractivity contribution in [3.05, 3.63) is 11.6 Å². The normalized spacial score (nSPS) is 24.2. The molecule has 98 valence electrons. The number of rotatable bonds is 3. The molecule has 2 aliphatic rings. The van der Waals surface area contributed by atoms with Gasteiger partial charge in [-0.25, -0.2) is 0 Å². The molecule has 2 rings (SSSR count). The molecule has 0 N–H and O–H groups in total. The molecule has 0 aromatic rings. The Kier molecular flexibility index (Phi) is 3.87. The third-order valence-corrected chi connectivity index (χ3v) is 3.69. The highest BCUT2D eigenvalue weighted by Crippen LogP contribution is 2.37. The van der Waals surface area contributed by atoms with Crippen LogP contribution in [0.25, 0.3) is 0 Å². The van der Waals surface area contributed by atoms with Crippen LogP contribution in [0.4, 0.5) is 0 Å². The third kappa shape index (κ3) is 3.77. The van der Waals surface area contributed by atoms with Gasteiger partial charge in [0.25, 0.3) is 10.1 Å². The van der Waals surface area contributed by atoms with Crippen LogP contribution in [0, 0.1) is 0 Å². The lowest BCUT2D eigenvalue weighted by Crippen LogP contribution is -2.33. The molecule has 1 spiro atoms. The Balaban J connectivity index is 1.80. The summed E-state index contributed by atoms with van der Waals surface area (Å²) < 4.78 is 37.5. The maximum atomic E-state index is 10.8. The Labute approximate surface area is 102 Å². The van der Waals surface area contributed by atoms with E-state index in [1.54, 1.807) is 0 Å². The first-order chi connectivity index (χ1) is 7.99. The summed E-state index contributed by atoms with van der Waals surface area (Å²) in [5.41, 5.74) is 1.22. The molecular formula is C11H18O5S. The van der Waals surface area contributed by atoms with Crippen molar-refractivity contribution in [1.29, 1.82) is 0 Å². The quantitative estimate of drug-likeness (QED) is 0.565. The van der Waals surface area contributed by atoms with E-state index in [1.165, 1.54) is 5.57 Å². The second-order valence-electron chi connectivity index (χ2n) is 4.46. The van der Waals surface area contributed by atoms with Gasteiger partial charge in [0.15, 0.2) is 5.79 Å². The third-order valence-electron chi connectivity index (χ3n) is 3.12. The minimum absolute atomic E-state index is 0.128. The van der Waals surface area contributed by atoms with Gasteiger partial charge in [-0.1, -0.05) is 11.6 Å². The molecular weight excluding hydrogens is 244 g/mol. The summed E-state index contributed by atoms with van der Waals surface area (Å²) in [6, 6.07) is 0. The molecule has 1 aliphatic heterocycles. The summed E-state index contributed by atoms with van der Waals surface area (Å²) in [5, 5.41) is 0. The van der Waals surface area contributed by atoms with Gasteiger partial charge in [-0.3, -0.25) is 4.18 Å². The summed E-state index contributed by atoms with van der Waals surface area (Å²) in [4.78, 5) is 0. The molecule has 1 heterocycles. The van der Waals surface area contributed by atoms with Crippen molar-refractivity contribution in [2.45, 2.75) is 31.5 Å². The highest BCUT2D eigenvalue weighted by atomic mass is 32.2. The van der Waals surface area contributed by atoms with Gasteiger partial charge >= 0.3 is 0 Å². The van der Waals surface area contributed by atoms with Gasteiger partial charge < -0.3 is 9.47 Å². The molecule has 0 aromatic heterocycles. The van der Waals surface area contributed by atoms with Crippen LogP contribution in [0.15, 0.2) is 11.6 Å². The summed E-state index contributed by atoms with van der Waals surface area (Å²) in [7, 11) is -3.34. The Morgan fingerprint density at radius 3 is 2.41 bits per heavy atom. The summed E-state index contributed by atoms with van der Waals surface area (Å²) in [6.07, 6.45) is 6.36. The van der Waals surface area contributed by atoms with Gasteiger partial charge in [-0.05, 0) is 12.8 Å². The molecule has 1 aliphatic carbocycles. The number of allylic oxidation sites excluding steroid dienone is 1. The monoisotopic (exact) mass is 262 g/mol. The fraction of sp³-hybridized carbons (Fsp3) is 0.818.